The molecule has 0 radical (unpaired) electrons. The van der Waals surface area contributed by atoms with Gasteiger partial charge >= 0.3 is 5.97 Å². The Morgan fingerprint density at radius 2 is 1.97 bits per heavy atom. The largest absolute Gasteiger partial charge is 0.480 e. The van der Waals surface area contributed by atoms with Crippen molar-refractivity contribution in [3.8, 4) is 0 Å². The van der Waals surface area contributed by atoms with Crippen molar-refractivity contribution in [3.05, 3.63) is 53.6 Å². The Hall–Kier alpha value is -3.95. The summed E-state index contributed by atoms with van der Waals surface area (Å²) in [7, 11) is -4.26. The minimum Gasteiger partial charge on any atom is -0.480 e. The van der Waals surface area contributed by atoms with Gasteiger partial charge in [-0.25, -0.2) is 8.42 Å². The maximum Gasteiger partial charge on any atom is 0.323 e. The van der Waals surface area contributed by atoms with Gasteiger partial charge in [0.15, 0.2) is 0 Å². The van der Waals surface area contributed by atoms with Gasteiger partial charge in [0.1, 0.15) is 33.9 Å². The van der Waals surface area contributed by atoms with Crippen LogP contribution in [0.2, 0.25) is 0 Å². The first-order valence-corrected chi connectivity index (χ1v) is 12.8. The molecule has 2 heterocycles. The lowest BCUT2D eigenvalue weighted by atomic mass is 10.0. The first-order valence-electron chi connectivity index (χ1n) is 10.5. The van der Waals surface area contributed by atoms with E-state index in [1.54, 1.807) is 30.3 Å². The molecule has 1 aliphatic rings. The topological polar surface area (TPSA) is 210 Å². The molecule has 1 aromatic heterocycles. The van der Waals surface area contributed by atoms with Crippen molar-refractivity contribution in [1.82, 2.24) is 18.8 Å². The molecule has 36 heavy (non-hydrogen) atoms. The fraction of sp³-hybridized carbons (Fsp3) is 0.238. The number of carboxylic acid groups (broad SMARTS) is 1. The maximum atomic E-state index is 12.8. The molecular formula is C21H21N7O6S2. The van der Waals surface area contributed by atoms with Crippen molar-refractivity contribution in [2.75, 3.05) is 6.54 Å². The molecule has 0 saturated heterocycles. The molecule has 3 aromatic rings. The number of hydrogen-bond donors (Lipinski definition) is 5. The van der Waals surface area contributed by atoms with Crippen LogP contribution >= 0.6 is 11.7 Å². The molecule has 4 rings (SSSR count). The van der Waals surface area contributed by atoms with E-state index in [1.807, 2.05) is 0 Å². The Morgan fingerprint density at radius 1 is 1.22 bits per heavy atom. The number of amidine groups is 1. The molecule has 2 aromatic carbocycles. The molecule has 6 N–H and O–H groups in total. The van der Waals surface area contributed by atoms with Crippen LogP contribution < -0.4 is 15.8 Å². The molecule has 0 aliphatic carbocycles. The van der Waals surface area contributed by atoms with Gasteiger partial charge in [-0.15, -0.1) is 0 Å². The number of oxime groups is 1. The van der Waals surface area contributed by atoms with E-state index in [0.717, 1.165) is 17.3 Å². The summed E-state index contributed by atoms with van der Waals surface area (Å²) in [6.45, 7) is -0.481. The molecule has 15 heteroatoms. The molecule has 0 spiro atoms. The quantitative estimate of drug-likeness (QED) is 0.181. The Kier molecular flexibility index (Phi) is 7.23. The number of fused-ring (bicyclic) bond motifs is 1. The van der Waals surface area contributed by atoms with Crippen LogP contribution in [0, 0.1) is 5.41 Å². The van der Waals surface area contributed by atoms with E-state index in [1.165, 1.54) is 12.1 Å². The normalized spacial score (nSPS) is 16.2. The van der Waals surface area contributed by atoms with Crippen LogP contribution in [0.5, 0.6) is 0 Å². The van der Waals surface area contributed by atoms with Gasteiger partial charge in [-0.1, -0.05) is 35.5 Å². The van der Waals surface area contributed by atoms with E-state index in [-0.39, 0.29) is 22.7 Å². The number of nitrogen functional groups attached to an aromatic ring is 1. The fourth-order valence-electron chi connectivity index (χ4n) is 3.47. The number of nitrogens with two attached hydrogens (primary N) is 1. The second kappa shape index (κ2) is 10.3. The number of carbonyl (C=O) groups excluding carboxylic acids is 1. The van der Waals surface area contributed by atoms with E-state index in [9.17, 15) is 23.1 Å². The highest BCUT2D eigenvalue weighted by Crippen LogP contribution is 2.22. The minimum atomic E-state index is -4.26. The zero-order chi connectivity index (χ0) is 25.9. The number of nitrogens with one attached hydrogen (secondary N) is 3. The molecule has 1 amide bonds. The van der Waals surface area contributed by atoms with E-state index in [2.05, 4.69) is 23.9 Å². The molecule has 1 aliphatic heterocycles. The number of carbonyl (C=O) groups is 2. The Bertz CT molecular complexity index is 1450. The predicted molar refractivity (Wildman–Crippen MR) is 130 cm³/mol. The SMILES string of the molecule is N=C(N)c1ccc(C2=NOC(CC(=O)NC[C@H](NS(=O)(=O)c3cccc4nsnc34)C(=O)O)C2)cc1. The lowest BCUT2D eigenvalue weighted by molar-refractivity contribution is -0.138. The molecule has 0 bridgehead atoms. The van der Waals surface area contributed by atoms with Gasteiger partial charge in [-0.2, -0.15) is 13.5 Å². The molecule has 2 atom stereocenters. The zero-order valence-corrected chi connectivity index (χ0v) is 20.2. The van der Waals surface area contributed by atoms with Crippen molar-refractivity contribution in [2.24, 2.45) is 10.9 Å². The summed E-state index contributed by atoms with van der Waals surface area (Å²) in [5.74, 6) is -2.04. The van der Waals surface area contributed by atoms with E-state index in [4.69, 9.17) is 16.0 Å². The van der Waals surface area contributed by atoms with E-state index >= 15 is 0 Å². The lowest BCUT2D eigenvalue weighted by Gasteiger charge is -2.16. The van der Waals surface area contributed by atoms with Gasteiger partial charge in [0, 0.05) is 18.5 Å². The minimum absolute atomic E-state index is 0.0557. The lowest BCUT2D eigenvalue weighted by Crippen LogP contribution is -2.48. The fourth-order valence-corrected chi connectivity index (χ4v) is 5.43. The van der Waals surface area contributed by atoms with Crippen LogP contribution in [0.15, 0.2) is 52.5 Å². The van der Waals surface area contributed by atoms with Gasteiger partial charge in [0.25, 0.3) is 0 Å². The van der Waals surface area contributed by atoms with Crippen LogP contribution in [0.1, 0.15) is 24.0 Å². The van der Waals surface area contributed by atoms with Crippen molar-refractivity contribution < 1.29 is 28.0 Å². The van der Waals surface area contributed by atoms with Crippen LogP contribution in [0.4, 0.5) is 0 Å². The summed E-state index contributed by atoms with van der Waals surface area (Å²) >= 11 is 0.838. The number of carboxylic acids is 1. The summed E-state index contributed by atoms with van der Waals surface area (Å²) in [5.41, 5.74) is 7.89. The van der Waals surface area contributed by atoms with Crippen LogP contribution in [0.3, 0.4) is 0 Å². The zero-order valence-electron chi connectivity index (χ0n) is 18.5. The predicted octanol–water partition coefficient (Wildman–Crippen LogP) is 0.406. The second-order valence-corrected chi connectivity index (χ2v) is 10.1. The molecule has 13 nitrogen and oxygen atoms in total. The monoisotopic (exact) mass is 531 g/mol. The third-order valence-electron chi connectivity index (χ3n) is 5.31. The van der Waals surface area contributed by atoms with Crippen molar-refractivity contribution >= 4 is 56.2 Å². The summed E-state index contributed by atoms with van der Waals surface area (Å²) in [5, 5.41) is 23.4. The number of amides is 1. The number of rotatable bonds is 10. The van der Waals surface area contributed by atoms with Gasteiger partial charge in [0.2, 0.25) is 15.9 Å². The first-order chi connectivity index (χ1) is 17.1. The highest BCUT2D eigenvalue weighted by Gasteiger charge is 2.29. The number of nitrogens with zero attached hydrogens (tertiary/aromatic N) is 3. The number of hydrogen-bond acceptors (Lipinski definition) is 10. The molecule has 0 saturated carbocycles. The average Bonchev–Trinajstić information content (AvgIpc) is 3.51. The standard InChI is InChI=1S/C21H21N7O6S2/c22-20(23)12-6-4-11(5-7-12)15-8-13(34-25-15)9-18(29)24-10-16(21(30)31)28-36(32,33)17-3-1-2-14-19(17)27-35-26-14/h1-7,13,16,28H,8-10H2,(H3,22,23)(H,24,29)(H,30,31)/t13?,16-/m0/s1. The second-order valence-electron chi connectivity index (χ2n) is 7.87. The average molecular weight is 532 g/mol. The number of aromatic nitrogens is 2. The van der Waals surface area contributed by atoms with Gasteiger partial charge in [-0.05, 0) is 17.7 Å². The van der Waals surface area contributed by atoms with Gasteiger partial charge < -0.3 is 21.0 Å². The number of aliphatic carboxylic acids is 1. The van der Waals surface area contributed by atoms with E-state index in [0.29, 0.717) is 23.2 Å². The Balaban J connectivity index is 1.32. The van der Waals surface area contributed by atoms with Crippen molar-refractivity contribution in [3.63, 3.8) is 0 Å². The summed E-state index contributed by atoms with van der Waals surface area (Å²) in [6.07, 6.45) is -0.336. The third kappa shape index (κ3) is 5.64. The van der Waals surface area contributed by atoms with Crippen LogP contribution in [0.25, 0.3) is 11.0 Å². The summed E-state index contributed by atoms with van der Waals surface area (Å²) in [6, 6.07) is 9.60. The first kappa shape index (κ1) is 25.2. The van der Waals surface area contributed by atoms with E-state index < -0.39 is 40.6 Å². The summed E-state index contributed by atoms with van der Waals surface area (Å²) < 4.78 is 35.7. The highest BCUT2D eigenvalue weighted by atomic mass is 32.2. The van der Waals surface area contributed by atoms with Crippen molar-refractivity contribution in [1.29, 1.82) is 5.41 Å². The van der Waals surface area contributed by atoms with Gasteiger partial charge in [0.05, 0.1) is 23.9 Å². The summed E-state index contributed by atoms with van der Waals surface area (Å²) in [4.78, 5) is 29.2. The third-order valence-corrected chi connectivity index (χ3v) is 7.36. The van der Waals surface area contributed by atoms with Gasteiger partial charge in [-0.3, -0.25) is 15.0 Å². The smallest absolute Gasteiger partial charge is 0.323 e. The molecule has 188 valence electrons. The number of benzene rings is 2. The number of sulfonamides is 1. The maximum absolute atomic E-state index is 12.8. The Labute approximate surface area is 209 Å². The molecule has 0 fully saturated rings. The Morgan fingerprint density at radius 3 is 2.67 bits per heavy atom. The van der Waals surface area contributed by atoms with Crippen LogP contribution in [-0.2, 0) is 24.4 Å². The van der Waals surface area contributed by atoms with Crippen molar-refractivity contribution in [2.45, 2.75) is 29.9 Å². The molecule has 1 unspecified atom stereocenters. The van der Waals surface area contributed by atoms with Crippen LogP contribution in [-0.4, -0.2) is 64.4 Å². The molecular weight excluding hydrogens is 510 g/mol. The highest BCUT2D eigenvalue weighted by molar-refractivity contribution is 7.89.